The maximum absolute atomic E-state index is 12.0. The summed E-state index contributed by atoms with van der Waals surface area (Å²) < 4.78 is 10.9. The fourth-order valence-corrected chi connectivity index (χ4v) is 2.91. The molecule has 5 heteroatoms. The molecule has 0 spiro atoms. The summed E-state index contributed by atoms with van der Waals surface area (Å²) in [5.74, 6) is -0.604. The third-order valence-corrected chi connectivity index (χ3v) is 4.22. The lowest BCUT2D eigenvalue weighted by Crippen LogP contribution is -2.36. The van der Waals surface area contributed by atoms with E-state index in [-0.39, 0.29) is 30.7 Å². The molecule has 2 rings (SSSR count). The summed E-state index contributed by atoms with van der Waals surface area (Å²) in [5, 5.41) is 0. The van der Waals surface area contributed by atoms with E-state index in [1.165, 1.54) is 6.08 Å². The van der Waals surface area contributed by atoms with E-state index in [1.54, 1.807) is 13.0 Å². The first kappa shape index (κ1) is 17.5. The zero-order chi connectivity index (χ0) is 17.0. The highest BCUT2D eigenvalue weighted by Crippen LogP contribution is 2.31. The Hall–Kier alpha value is -1.88. The van der Waals surface area contributed by atoms with Gasteiger partial charge in [-0.2, -0.15) is 0 Å². The largest absolute Gasteiger partial charge is 0.458 e. The highest BCUT2D eigenvalue weighted by molar-refractivity contribution is 5.87. The number of allylic oxidation sites excluding steroid dienone is 2. The molecule has 126 valence electrons. The summed E-state index contributed by atoms with van der Waals surface area (Å²) in [7, 11) is 0. The molecule has 0 unspecified atom stereocenters. The summed E-state index contributed by atoms with van der Waals surface area (Å²) in [6.07, 6.45) is 5.94. The number of carbonyl (C=O) groups excluding carboxylic acids is 2. The van der Waals surface area contributed by atoms with Crippen LogP contribution in [0.15, 0.2) is 34.9 Å². The Labute approximate surface area is 137 Å². The monoisotopic (exact) mass is 319 g/mol. The van der Waals surface area contributed by atoms with Gasteiger partial charge in [0.2, 0.25) is 0 Å². The molecule has 2 atom stereocenters. The van der Waals surface area contributed by atoms with Crippen LogP contribution in [-0.2, 0) is 19.1 Å². The highest BCUT2D eigenvalue weighted by atomic mass is 16.5. The van der Waals surface area contributed by atoms with Crippen molar-refractivity contribution in [3.05, 3.63) is 34.9 Å². The second-order valence-corrected chi connectivity index (χ2v) is 6.25. The minimum absolute atomic E-state index is 0.0307. The number of hydrogen-bond acceptors (Lipinski definition) is 5. The van der Waals surface area contributed by atoms with E-state index in [1.807, 2.05) is 20.8 Å². The van der Waals surface area contributed by atoms with Crippen LogP contribution in [-0.4, -0.2) is 48.7 Å². The van der Waals surface area contributed by atoms with Crippen molar-refractivity contribution in [2.24, 2.45) is 0 Å². The molecule has 0 aromatic rings. The molecule has 5 nitrogen and oxygen atoms in total. The number of hydrogen-bond donors (Lipinski definition) is 0. The average Bonchev–Trinajstić information content (AvgIpc) is 3.06. The average molecular weight is 319 g/mol. The molecule has 1 saturated heterocycles. The van der Waals surface area contributed by atoms with E-state index in [2.05, 4.69) is 11.0 Å². The quantitative estimate of drug-likeness (QED) is 0.442. The van der Waals surface area contributed by atoms with E-state index in [4.69, 9.17) is 9.47 Å². The fraction of sp³-hybridized carbons (Fsp3) is 0.556. The molecule has 0 aromatic carbocycles. The zero-order valence-corrected chi connectivity index (χ0v) is 14.3. The normalized spacial score (nSPS) is 24.0. The van der Waals surface area contributed by atoms with Crippen LogP contribution in [0.1, 0.15) is 34.1 Å². The van der Waals surface area contributed by atoms with Crippen LogP contribution in [0.2, 0.25) is 0 Å². The molecule has 2 aliphatic heterocycles. The molecule has 2 aliphatic rings. The topological polar surface area (TPSA) is 55.8 Å². The number of nitrogens with zero attached hydrogens (tertiary/aromatic N) is 1. The van der Waals surface area contributed by atoms with Crippen molar-refractivity contribution in [2.75, 3.05) is 19.7 Å². The van der Waals surface area contributed by atoms with Gasteiger partial charge >= 0.3 is 11.9 Å². The van der Waals surface area contributed by atoms with Crippen LogP contribution in [0.4, 0.5) is 0 Å². The number of rotatable bonds is 5. The lowest BCUT2D eigenvalue weighted by atomic mass is 10.0. The molecule has 2 heterocycles. The van der Waals surface area contributed by atoms with Gasteiger partial charge in [0.05, 0.1) is 6.04 Å². The van der Waals surface area contributed by atoms with Gasteiger partial charge in [0.25, 0.3) is 0 Å². The predicted molar refractivity (Wildman–Crippen MR) is 87.8 cm³/mol. The Morgan fingerprint density at radius 2 is 2.09 bits per heavy atom. The maximum atomic E-state index is 12.0. The molecule has 0 amide bonds. The molecule has 0 radical (unpaired) electrons. The summed E-state index contributed by atoms with van der Waals surface area (Å²) in [6.45, 7) is 9.24. The van der Waals surface area contributed by atoms with Gasteiger partial charge in [-0.05, 0) is 39.7 Å². The smallest absolute Gasteiger partial charge is 0.333 e. The van der Waals surface area contributed by atoms with Gasteiger partial charge in [-0.15, -0.1) is 0 Å². The first-order valence-corrected chi connectivity index (χ1v) is 8.01. The van der Waals surface area contributed by atoms with E-state index in [0.717, 1.165) is 30.7 Å². The zero-order valence-electron chi connectivity index (χ0n) is 14.3. The first-order valence-electron chi connectivity index (χ1n) is 8.01. The van der Waals surface area contributed by atoms with Crippen molar-refractivity contribution < 1.29 is 19.1 Å². The van der Waals surface area contributed by atoms with Crippen molar-refractivity contribution in [3.8, 4) is 0 Å². The lowest BCUT2D eigenvalue weighted by Gasteiger charge is -2.24. The third-order valence-electron chi connectivity index (χ3n) is 4.22. The number of fused-ring (bicyclic) bond motifs is 1. The van der Waals surface area contributed by atoms with Gasteiger partial charge in [0.1, 0.15) is 12.7 Å². The number of ether oxygens (including phenoxy) is 2. The standard InChI is InChI=1S/C18H25NO4/c1-5-13(4)18(21)23-15-7-9-19-8-6-14(17(15)19)11-22-16(20)10-12(2)3/h5-6,10,15,17H,7-9,11H2,1-4H3/b13-5-/t15-,17+/m1/s1. The van der Waals surface area contributed by atoms with Crippen molar-refractivity contribution in [2.45, 2.75) is 46.3 Å². The van der Waals surface area contributed by atoms with Gasteiger partial charge in [-0.25, -0.2) is 9.59 Å². The molecule has 0 saturated carbocycles. The summed E-state index contributed by atoms with van der Waals surface area (Å²) in [4.78, 5) is 25.9. The maximum Gasteiger partial charge on any atom is 0.333 e. The second-order valence-electron chi connectivity index (χ2n) is 6.25. The second kappa shape index (κ2) is 7.59. The van der Waals surface area contributed by atoms with Crippen LogP contribution in [0.3, 0.4) is 0 Å². The molecule has 0 aromatic heterocycles. The van der Waals surface area contributed by atoms with E-state index in [0.29, 0.717) is 5.57 Å². The summed E-state index contributed by atoms with van der Waals surface area (Å²) >= 11 is 0. The van der Waals surface area contributed by atoms with Crippen LogP contribution in [0, 0.1) is 0 Å². The Kier molecular flexibility index (Phi) is 5.77. The molecule has 0 N–H and O–H groups in total. The number of carbonyl (C=O) groups is 2. The van der Waals surface area contributed by atoms with Crippen molar-refractivity contribution >= 4 is 11.9 Å². The molecule has 0 bridgehead atoms. The third kappa shape index (κ3) is 4.32. The molecular weight excluding hydrogens is 294 g/mol. The Bertz CT molecular complexity index is 570. The van der Waals surface area contributed by atoms with E-state index in [9.17, 15) is 9.59 Å². The molecule has 0 aliphatic carbocycles. The van der Waals surface area contributed by atoms with Crippen molar-refractivity contribution in [3.63, 3.8) is 0 Å². The molecule has 1 fully saturated rings. The van der Waals surface area contributed by atoms with Crippen LogP contribution in [0.25, 0.3) is 0 Å². The Balaban J connectivity index is 1.96. The summed E-state index contributed by atoms with van der Waals surface area (Å²) in [6, 6.07) is 0.0307. The molecular formula is C18H25NO4. The van der Waals surface area contributed by atoms with E-state index < -0.39 is 0 Å². The SMILES string of the molecule is C/C=C(/C)C(=O)O[C@@H]1CCN2CC=C(COC(=O)C=C(C)C)[C@@H]12. The van der Waals surface area contributed by atoms with Crippen LogP contribution >= 0.6 is 0 Å². The number of esters is 2. The summed E-state index contributed by atoms with van der Waals surface area (Å²) in [5.41, 5.74) is 2.54. The van der Waals surface area contributed by atoms with Gasteiger partial charge in [0.15, 0.2) is 0 Å². The van der Waals surface area contributed by atoms with Crippen LogP contribution in [0.5, 0.6) is 0 Å². The van der Waals surface area contributed by atoms with Gasteiger partial charge in [-0.3, -0.25) is 4.90 Å². The minimum atomic E-state index is -0.333. The van der Waals surface area contributed by atoms with Crippen molar-refractivity contribution in [1.29, 1.82) is 0 Å². The Morgan fingerprint density at radius 3 is 2.74 bits per heavy atom. The fourth-order valence-electron chi connectivity index (χ4n) is 2.91. The van der Waals surface area contributed by atoms with Crippen molar-refractivity contribution in [1.82, 2.24) is 4.90 Å². The lowest BCUT2D eigenvalue weighted by molar-refractivity contribution is -0.145. The Morgan fingerprint density at radius 1 is 1.35 bits per heavy atom. The predicted octanol–water partition coefficient (Wildman–Crippen LogP) is 2.39. The van der Waals surface area contributed by atoms with Crippen LogP contribution < -0.4 is 0 Å². The van der Waals surface area contributed by atoms with E-state index >= 15 is 0 Å². The van der Waals surface area contributed by atoms with Gasteiger partial charge < -0.3 is 9.47 Å². The highest BCUT2D eigenvalue weighted by Gasteiger charge is 2.41. The molecule has 23 heavy (non-hydrogen) atoms. The first-order chi connectivity index (χ1) is 10.9. The van der Waals surface area contributed by atoms with Gasteiger partial charge in [0, 0.05) is 24.7 Å². The van der Waals surface area contributed by atoms with Gasteiger partial charge in [-0.1, -0.05) is 17.7 Å². The minimum Gasteiger partial charge on any atom is -0.458 e.